The summed E-state index contributed by atoms with van der Waals surface area (Å²) in [5, 5.41) is 26.4. The second-order valence-corrected chi connectivity index (χ2v) is 9.04. The summed E-state index contributed by atoms with van der Waals surface area (Å²) in [5.41, 5.74) is 3.02. The van der Waals surface area contributed by atoms with Crippen molar-refractivity contribution in [2.45, 2.75) is 25.3 Å². The van der Waals surface area contributed by atoms with Crippen molar-refractivity contribution in [3.63, 3.8) is 0 Å². The van der Waals surface area contributed by atoms with Gasteiger partial charge in [0.2, 0.25) is 9.23 Å². The van der Waals surface area contributed by atoms with Crippen LogP contribution in [0.15, 0.2) is 48.5 Å². The fourth-order valence-corrected chi connectivity index (χ4v) is 1.86. The third-order valence-corrected chi connectivity index (χ3v) is 3.23. The van der Waals surface area contributed by atoms with Gasteiger partial charge in [0.25, 0.3) is 0 Å². The Morgan fingerprint density at radius 2 is 1.31 bits per heavy atom. The number of hydrogen-bond donors (Lipinski definition) is 1. The Bertz CT molecular complexity index is 755. The number of aliphatic hydroxyl groups is 1. The molecule has 4 nitrogen and oxygen atoms in total. The van der Waals surface area contributed by atoms with Gasteiger partial charge in [0.1, 0.15) is 0 Å². The minimum absolute atomic E-state index is 0.0247. The molecule has 2 atom stereocenters. The molecule has 0 aliphatic carbocycles. The monoisotopic (exact) mass is 514 g/mol. The molecule has 2 rings (SSSR count). The maximum Gasteiger partial charge on any atom is 0.211 e. The first-order valence-electron chi connectivity index (χ1n) is 7.81. The Labute approximate surface area is 198 Å². The molecule has 29 heavy (non-hydrogen) atoms. The minimum Gasteiger partial charge on any atom is -0.389 e. The lowest BCUT2D eigenvalue weighted by Gasteiger charge is -2.02. The molecule has 0 amide bonds. The zero-order valence-corrected chi connectivity index (χ0v) is 20.1. The number of rotatable bonds is 2. The average Bonchev–Trinajstić information content (AvgIpc) is 2.68. The van der Waals surface area contributed by atoms with Crippen molar-refractivity contribution in [1.29, 1.82) is 10.5 Å². The zero-order valence-electron chi connectivity index (χ0n) is 15.5. The smallest absolute Gasteiger partial charge is 0.211 e. The van der Waals surface area contributed by atoms with Crippen LogP contribution in [0.25, 0.3) is 0 Å². The standard InChI is InChI=1S/C9H8ClN.C9H9NO.CH2Cl2.Cl2OS/c1-7(10)9-4-2-3-8(5-9)6-11;1-7(11)9-4-2-3-8(5-9)6-10;2-1-3;1-4(2)3/h2-5,7H,1H3;2-5,7,11H,1H3;1H2;. The predicted molar refractivity (Wildman–Crippen MR) is 124 cm³/mol. The minimum atomic E-state index is -1.67. The summed E-state index contributed by atoms with van der Waals surface area (Å²) < 4.78 is 9.09. The van der Waals surface area contributed by atoms with E-state index < -0.39 is 15.3 Å². The zero-order chi connectivity index (χ0) is 22.8. The van der Waals surface area contributed by atoms with Gasteiger partial charge in [-0.15, -0.1) is 34.8 Å². The molecule has 2 unspecified atom stereocenters. The first-order valence-corrected chi connectivity index (χ1v) is 12.1. The topological polar surface area (TPSA) is 84.9 Å². The van der Waals surface area contributed by atoms with Gasteiger partial charge in [0.05, 0.1) is 40.1 Å². The van der Waals surface area contributed by atoms with Gasteiger partial charge >= 0.3 is 0 Å². The van der Waals surface area contributed by atoms with Gasteiger partial charge < -0.3 is 5.11 Å². The lowest BCUT2D eigenvalue weighted by atomic mass is 10.1. The molecule has 0 saturated heterocycles. The number of nitriles is 2. The van der Waals surface area contributed by atoms with E-state index in [2.05, 4.69) is 27.4 Å². The Morgan fingerprint density at radius 1 is 0.966 bits per heavy atom. The fraction of sp³-hybridized carbons (Fsp3) is 0.263. The van der Waals surface area contributed by atoms with E-state index in [0.717, 1.165) is 11.1 Å². The summed E-state index contributed by atoms with van der Waals surface area (Å²) >= 11 is 15.4. The van der Waals surface area contributed by atoms with Crippen LogP contribution in [0.5, 0.6) is 0 Å². The fourth-order valence-electron chi connectivity index (χ4n) is 1.72. The number of hydrogen-bond acceptors (Lipinski definition) is 4. The van der Waals surface area contributed by atoms with E-state index in [9.17, 15) is 0 Å². The third kappa shape index (κ3) is 17.5. The van der Waals surface area contributed by atoms with E-state index in [4.69, 9.17) is 54.6 Å². The lowest BCUT2D eigenvalue weighted by molar-refractivity contribution is 0.199. The number of benzene rings is 2. The number of alkyl halides is 3. The van der Waals surface area contributed by atoms with Crippen molar-refractivity contribution >= 4 is 65.4 Å². The highest BCUT2D eigenvalue weighted by atomic mass is 36.0. The lowest BCUT2D eigenvalue weighted by Crippen LogP contribution is -1.90. The maximum absolute atomic E-state index is 9.13. The second kappa shape index (κ2) is 19.0. The SMILES string of the molecule is CC(Cl)c1cccc(C#N)c1.CC(O)c1cccc(C#N)c1.ClCCl.O=S(Cl)Cl. The van der Waals surface area contributed by atoms with E-state index >= 15 is 0 Å². The first kappa shape index (κ1) is 30.2. The van der Waals surface area contributed by atoms with E-state index in [0.29, 0.717) is 11.1 Å². The number of aliphatic hydroxyl groups excluding tert-OH is 1. The summed E-state index contributed by atoms with van der Waals surface area (Å²) in [6.07, 6.45) is -0.497. The highest BCUT2D eigenvalue weighted by Gasteiger charge is 2.00. The average molecular weight is 517 g/mol. The molecule has 1 N–H and O–H groups in total. The van der Waals surface area contributed by atoms with Crippen LogP contribution in [-0.4, -0.2) is 14.7 Å². The third-order valence-electron chi connectivity index (χ3n) is 2.97. The molecule has 0 spiro atoms. The van der Waals surface area contributed by atoms with Gasteiger partial charge in [0, 0.05) is 21.4 Å². The Balaban J connectivity index is 0. The molecule has 0 saturated carbocycles. The molecule has 10 heteroatoms. The highest BCUT2D eigenvalue weighted by Crippen LogP contribution is 2.19. The molecule has 2 aromatic carbocycles. The summed E-state index contributed by atoms with van der Waals surface area (Å²) in [6.45, 7) is 3.56. The van der Waals surface area contributed by atoms with Crippen molar-refractivity contribution in [1.82, 2.24) is 0 Å². The number of nitrogens with zero attached hydrogens (tertiary/aromatic N) is 2. The molecule has 0 radical (unpaired) electrons. The van der Waals surface area contributed by atoms with Crippen molar-refractivity contribution in [2.24, 2.45) is 0 Å². The van der Waals surface area contributed by atoms with Crippen molar-refractivity contribution in [3.05, 3.63) is 70.8 Å². The Kier molecular flexibility index (Phi) is 19.7. The van der Waals surface area contributed by atoms with Crippen LogP contribution in [0.4, 0.5) is 0 Å². The highest BCUT2D eigenvalue weighted by molar-refractivity contribution is 8.26. The molecule has 2 aromatic rings. The van der Waals surface area contributed by atoms with Gasteiger partial charge in [0.15, 0.2) is 0 Å². The quantitative estimate of drug-likeness (QED) is 0.346. The largest absolute Gasteiger partial charge is 0.389 e. The molecular formula is C19H19Cl5N2O2S. The van der Waals surface area contributed by atoms with Gasteiger partial charge in [-0.2, -0.15) is 10.5 Å². The van der Waals surface area contributed by atoms with E-state index in [1.54, 1.807) is 43.3 Å². The molecule has 0 heterocycles. The van der Waals surface area contributed by atoms with Crippen LogP contribution in [0.3, 0.4) is 0 Å². The summed E-state index contributed by atoms with van der Waals surface area (Å²) in [7, 11) is 7.36. The molecular weight excluding hydrogens is 498 g/mol. The van der Waals surface area contributed by atoms with Crippen LogP contribution in [-0.2, 0) is 9.23 Å². The molecule has 158 valence electrons. The van der Waals surface area contributed by atoms with Crippen molar-refractivity contribution in [3.8, 4) is 12.1 Å². The molecule has 0 fully saturated rings. The van der Waals surface area contributed by atoms with Crippen molar-refractivity contribution < 1.29 is 9.32 Å². The van der Waals surface area contributed by atoms with Gasteiger partial charge in [-0.3, -0.25) is 0 Å². The van der Waals surface area contributed by atoms with Crippen LogP contribution in [0, 0.1) is 22.7 Å². The molecule has 0 aromatic heterocycles. The summed E-state index contributed by atoms with van der Waals surface area (Å²) in [5.74, 6) is 0. The Morgan fingerprint density at radius 3 is 1.62 bits per heavy atom. The van der Waals surface area contributed by atoms with E-state index in [1.807, 2.05) is 25.1 Å². The van der Waals surface area contributed by atoms with Crippen LogP contribution in [0.1, 0.15) is 47.6 Å². The Hall–Kier alpha value is -1.02. The first-order chi connectivity index (χ1) is 13.6. The van der Waals surface area contributed by atoms with Crippen LogP contribution < -0.4 is 0 Å². The van der Waals surface area contributed by atoms with Crippen molar-refractivity contribution in [2.75, 3.05) is 5.34 Å². The van der Waals surface area contributed by atoms with Gasteiger partial charge in [-0.25, -0.2) is 4.21 Å². The van der Waals surface area contributed by atoms with Gasteiger partial charge in [-0.1, -0.05) is 24.3 Å². The molecule has 0 aliphatic rings. The number of halogens is 5. The molecule has 0 aliphatic heterocycles. The van der Waals surface area contributed by atoms with E-state index in [-0.39, 0.29) is 10.7 Å². The maximum atomic E-state index is 9.13. The van der Waals surface area contributed by atoms with Crippen LogP contribution in [0.2, 0.25) is 0 Å². The van der Waals surface area contributed by atoms with E-state index in [1.165, 1.54) is 0 Å². The summed E-state index contributed by atoms with van der Waals surface area (Å²) in [6, 6.07) is 18.4. The van der Waals surface area contributed by atoms with Crippen LogP contribution >= 0.6 is 56.2 Å². The normalized spacial score (nSPS) is 11.0. The molecule has 0 bridgehead atoms. The second-order valence-electron chi connectivity index (χ2n) is 5.05. The van der Waals surface area contributed by atoms with Gasteiger partial charge in [-0.05, 0) is 49.2 Å². The summed E-state index contributed by atoms with van der Waals surface area (Å²) in [4.78, 5) is 0. The predicted octanol–water partition coefficient (Wildman–Crippen LogP) is 6.93.